The number of carbonyl (C=O) groups excluding carboxylic acids is 2. The monoisotopic (exact) mass is 681 g/mol. The molecule has 3 N–H and O–H groups in total. The molecule has 0 radical (unpaired) electrons. The Balaban J connectivity index is 4.68. The fraction of sp³-hybridized carbons (Fsp3) is 0.953. The molecule has 0 amide bonds. The molecule has 0 spiro atoms. The minimum atomic E-state index is -2.06. The summed E-state index contributed by atoms with van der Waals surface area (Å²) in [5.41, 5.74) is -2.06. The molecule has 0 saturated carbocycles. The Morgan fingerprint density at radius 1 is 0.417 bits per heavy atom. The summed E-state index contributed by atoms with van der Waals surface area (Å²) in [5.74, 6) is -0.870. The van der Waals surface area contributed by atoms with Crippen LogP contribution >= 0.6 is 0 Å². The summed E-state index contributed by atoms with van der Waals surface area (Å²) in [5, 5.41) is 33.6. The largest absolute Gasteiger partial charge is 0.386 e. The molecular formula is C43H84O5. The van der Waals surface area contributed by atoms with E-state index in [4.69, 9.17) is 0 Å². The highest BCUT2D eigenvalue weighted by atomic mass is 16.4. The fourth-order valence-electron chi connectivity index (χ4n) is 7.05. The zero-order valence-electron chi connectivity index (χ0n) is 32.6. The van der Waals surface area contributed by atoms with E-state index in [1.165, 1.54) is 141 Å². The Morgan fingerprint density at radius 3 is 1.02 bits per heavy atom. The maximum absolute atomic E-state index is 13.4. The molecule has 5 heteroatoms. The van der Waals surface area contributed by atoms with Crippen LogP contribution in [0.15, 0.2) is 0 Å². The number of ketones is 2. The number of Topliss-reactive ketones (excluding diaryl/α,β-unsaturated/α-hetero) is 2. The molecule has 0 aliphatic carbocycles. The normalized spacial score (nSPS) is 14.2. The zero-order chi connectivity index (χ0) is 35.6. The Labute approximate surface area is 299 Å². The van der Waals surface area contributed by atoms with Crippen LogP contribution in [0.4, 0.5) is 0 Å². The van der Waals surface area contributed by atoms with Crippen LogP contribution in [0.2, 0.25) is 0 Å². The zero-order valence-corrected chi connectivity index (χ0v) is 32.6. The molecule has 3 unspecified atom stereocenters. The molecule has 5 nitrogen and oxygen atoms in total. The first-order valence-electron chi connectivity index (χ1n) is 21.5. The lowest BCUT2D eigenvalue weighted by molar-refractivity contribution is -0.168. The van der Waals surface area contributed by atoms with E-state index in [2.05, 4.69) is 20.8 Å². The summed E-state index contributed by atoms with van der Waals surface area (Å²) >= 11 is 0. The highest BCUT2D eigenvalue weighted by molar-refractivity contribution is 5.90. The van der Waals surface area contributed by atoms with Crippen LogP contribution in [-0.2, 0) is 9.59 Å². The van der Waals surface area contributed by atoms with E-state index in [1.54, 1.807) is 0 Å². The topological polar surface area (TPSA) is 94.8 Å². The molecule has 0 heterocycles. The Morgan fingerprint density at radius 2 is 0.688 bits per heavy atom. The second kappa shape index (κ2) is 34.7. The predicted octanol–water partition coefficient (Wildman–Crippen LogP) is 12.3. The summed E-state index contributed by atoms with van der Waals surface area (Å²) in [6.07, 6.45) is 34.1. The molecule has 0 aromatic heterocycles. The number of aliphatic hydroxyl groups excluding tert-OH is 2. The lowest BCUT2D eigenvalue weighted by Crippen LogP contribution is -2.56. The minimum absolute atomic E-state index is 0.102. The van der Waals surface area contributed by atoms with Gasteiger partial charge in [-0.15, -0.1) is 0 Å². The lowest BCUT2D eigenvalue weighted by atomic mass is 9.80. The standard InChI is InChI=1S/C43H84O5/c1-4-7-10-13-16-19-22-24-27-30-33-36-39(44)41(46)42(47)43(48,38-35-32-29-26-21-18-15-12-9-6-3)40(45)37-34-31-28-25-23-20-17-14-11-8-5-2/h41-42,46-48H,4-38H2,1-3H3. The van der Waals surface area contributed by atoms with Crippen LogP contribution in [0, 0.1) is 0 Å². The second-order valence-corrected chi connectivity index (χ2v) is 15.2. The lowest BCUT2D eigenvalue weighted by Gasteiger charge is -2.34. The van der Waals surface area contributed by atoms with Crippen LogP contribution in [0.3, 0.4) is 0 Å². The summed E-state index contributed by atoms with van der Waals surface area (Å²) < 4.78 is 0. The number of carbonyl (C=O) groups is 2. The fourth-order valence-corrected chi connectivity index (χ4v) is 7.05. The average Bonchev–Trinajstić information content (AvgIpc) is 3.09. The maximum Gasteiger partial charge on any atom is 0.167 e. The van der Waals surface area contributed by atoms with Crippen molar-refractivity contribution in [2.45, 2.75) is 263 Å². The first-order valence-corrected chi connectivity index (χ1v) is 21.5. The van der Waals surface area contributed by atoms with Crippen LogP contribution in [0.25, 0.3) is 0 Å². The molecular weight excluding hydrogens is 596 g/mol. The summed E-state index contributed by atoms with van der Waals surface area (Å²) in [7, 11) is 0. The van der Waals surface area contributed by atoms with E-state index in [0.29, 0.717) is 19.3 Å². The molecule has 0 bridgehead atoms. The van der Waals surface area contributed by atoms with E-state index in [-0.39, 0.29) is 19.3 Å². The van der Waals surface area contributed by atoms with Crippen molar-refractivity contribution in [3.63, 3.8) is 0 Å². The number of rotatable bonds is 39. The van der Waals surface area contributed by atoms with Crippen LogP contribution < -0.4 is 0 Å². The Hall–Kier alpha value is -0.780. The third-order valence-electron chi connectivity index (χ3n) is 10.5. The molecule has 0 rings (SSSR count). The van der Waals surface area contributed by atoms with Gasteiger partial charge in [0.15, 0.2) is 17.2 Å². The molecule has 3 atom stereocenters. The molecule has 0 aromatic rings. The molecule has 0 aromatic carbocycles. The third-order valence-corrected chi connectivity index (χ3v) is 10.5. The van der Waals surface area contributed by atoms with Gasteiger partial charge >= 0.3 is 0 Å². The maximum atomic E-state index is 13.4. The number of aliphatic hydroxyl groups is 3. The van der Waals surface area contributed by atoms with Crippen LogP contribution in [0.1, 0.15) is 245 Å². The number of hydrogen-bond acceptors (Lipinski definition) is 5. The average molecular weight is 681 g/mol. The van der Waals surface area contributed by atoms with Gasteiger partial charge in [-0.1, -0.05) is 213 Å². The molecule has 48 heavy (non-hydrogen) atoms. The van der Waals surface area contributed by atoms with Gasteiger partial charge in [-0.25, -0.2) is 0 Å². The van der Waals surface area contributed by atoms with Crippen molar-refractivity contribution in [2.24, 2.45) is 0 Å². The molecule has 0 fully saturated rings. The molecule has 0 aliphatic rings. The van der Waals surface area contributed by atoms with E-state index in [1.807, 2.05) is 0 Å². The molecule has 0 aliphatic heterocycles. The third kappa shape index (κ3) is 26.1. The highest BCUT2D eigenvalue weighted by Gasteiger charge is 2.46. The SMILES string of the molecule is CCCCCCCCCCCCCC(=O)C(O)C(O)C(O)(CCCCCCCCCCCC)C(=O)CCCCCCCCCCCCC. The quantitative estimate of drug-likeness (QED) is 0.0562. The van der Waals surface area contributed by atoms with Gasteiger partial charge in [-0.2, -0.15) is 0 Å². The first-order chi connectivity index (χ1) is 23.3. The van der Waals surface area contributed by atoms with Gasteiger partial charge < -0.3 is 15.3 Å². The van der Waals surface area contributed by atoms with Crippen LogP contribution in [-0.4, -0.2) is 44.7 Å². The van der Waals surface area contributed by atoms with Crippen molar-refractivity contribution in [3.05, 3.63) is 0 Å². The van der Waals surface area contributed by atoms with Crippen molar-refractivity contribution in [1.82, 2.24) is 0 Å². The number of unbranched alkanes of at least 4 members (excludes halogenated alkanes) is 29. The second-order valence-electron chi connectivity index (χ2n) is 15.2. The van der Waals surface area contributed by atoms with Gasteiger partial charge in [-0.3, -0.25) is 9.59 Å². The summed E-state index contributed by atoms with van der Waals surface area (Å²) in [4.78, 5) is 26.3. The highest BCUT2D eigenvalue weighted by Crippen LogP contribution is 2.27. The van der Waals surface area contributed by atoms with E-state index < -0.39 is 29.4 Å². The van der Waals surface area contributed by atoms with Gasteiger partial charge in [0.25, 0.3) is 0 Å². The van der Waals surface area contributed by atoms with Crippen molar-refractivity contribution in [1.29, 1.82) is 0 Å². The van der Waals surface area contributed by atoms with Crippen molar-refractivity contribution in [2.75, 3.05) is 0 Å². The first kappa shape index (κ1) is 47.2. The van der Waals surface area contributed by atoms with Crippen LogP contribution in [0.5, 0.6) is 0 Å². The van der Waals surface area contributed by atoms with Gasteiger partial charge in [0.05, 0.1) is 0 Å². The molecule has 0 saturated heterocycles. The van der Waals surface area contributed by atoms with Crippen molar-refractivity contribution < 1.29 is 24.9 Å². The van der Waals surface area contributed by atoms with Gasteiger partial charge in [-0.05, 0) is 19.3 Å². The van der Waals surface area contributed by atoms with Gasteiger partial charge in [0, 0.05) is 12.8 Å². The van der Waals surface area contributed by atoms with E-state index >= 15 is 0 Å². The van der Waals surface area contributed by atoms with Crippen molar-refractivity contribution >= 4 is 11.6 Å². The summed E-state index contributed by atoms with van der Waals surface area (Å²) in [6.45, 7) is 6.71. The van der Waals surface area contributed by atoms with Gasteiger partial charge in [0.2, 0.25) is 0 Å². The smallest absolute Gasteiger partial charge is 0.167 e. The van der Waals surface area contributed by atoms with Crippen molar-refractivity contribution in [3.8, 4) is 0 Å². The Kier molecular flexibility index (Phi) is 34.1. The number of hydrogen-bond donors (Lipinski definition) is 3. The predicted molar refractivity (Wildman–Crippen MR) is 206 cm³/mol. The van der Waals surface area contributed by atoms with Gasteiger partial charge in [0.1, 0.15) is 12.2 Å². The molecule has 286 valence electrons. The van der Waals surface area contributed by atoms with E-state index in [0.717, 1.165) is 44.9 Å². The summed E-state index contributed by atoms with van der Waals surface area (Å²) in [6, 6.07) is 0. The Bertz CT molecular complexity index is 709. The minimum Gasteiger partial charge on any atom is -0.386 e. The van der Waals surface area contributed by atoms with E-state index in [9.17, 15) is 24.9 Å².